The van der Waals surface area contributed by atoms with Crippen molar-refractivity contribution in [1.82, 2.24) is 0 Å². The molecule has 0 aromatic heterocycles. The fourth-order valence-corrected chi connectivity index (χ4v) is 3.70. The Labute approximate surface area is 147 Å². The van der Waals surface area contributed by atoms with Gasteiger partial charge in [0.05, 0.1) is 33.4 Å². The zero-order valence-electron chi connectivity index (χ0n) is 14.5. The zero-order chi connectivity index (χ0) is 17.4. The first-order valence-corrected chi connectivity index (χ1v) is 8.31. The van der Waals surface area contributed by atoms with Crippen LogP contribution >= 0.6 is 0 Å². The van der Waals surface area contributed by atoms with Crippen LogP contribution in [-0.4, -0.2) is 21.3 Å². The lowest BCUT2D eigenvalue weighted by Crippen LogP contribution is -2.11. The smallest absolute Gasteiger partial charge is 0.125 e. The molecule has 0 saturated carbocycles. The van der Waals surface area contributed by atoms with Crippen LogP contribution in [0.2, 0.25) is 0 Å². The molecule has 2 heterocycles. The molecule has 128 valence electrons. The molecule has 4 heteroatoms. The first kappa shape index (κ1) is 15.9. The van der Waals surface area contributed by atoms with E-state index in [1.165, 1.54) is 0 Å². The molecule has 1 unspecified atom stereocenters. The molecule has 1 fully saturated rings. The highest BCUT2D eigenvalue weighted by molar-refractivity contribution is 5.56. The average Bonchev–Trinajstić information content (AvgIpc) is 3.25. The molecule has 1 saturated heterocycles. The van der Waals surface area contributed by atoms with Crippen molar-refractivity contribution in [3.05, 3.63) is 53.1 Å². The van der Waals surface area contributed by atoms with Gasteiger partial charge in [-0.3, -0.25) is 0 Å². The molecule has 3 atom stereocenters. The Bertz CT molecular complexity index is 845. The maximum absolute atomic E-state index is 6.18. The van der Waals surface area contributed by atoms with Gasteiger partial charge < -0.3 is 18.9 Å². The number of ether oxygens (including phenoxy) is 4. The lowest BCUT2D eigenvalue weighted by atomic mass is 9.83. The van der Waals surface area contributed by atoms with Crippen LogP contribution < -0.4 is 14.2 Å². The van der Waals surface area contributed by atoms with Crippen molar-refractivity contribution in [2.75, 3.05) is 21.3 Å². The van der Waals surface area contributed by atoms with Gasteiger partial charge in [0.1, 0.15) is 23.4 Å². The highest BCUT2D eigenvalue weighted by atomic mass is 16.5. The Kier molecular flexibility index (Phi) is 4.03. The molecular weight excluding hydrogens is 316 g/mol. The van der Waals surface area contributed by atoms with Gasteiger partial charge in [-0.25, -0.2) is 0 Å². The molecule has 2 bridgehead atoms. The molecular formula is C21H20O4. The quantitative estimate of drug-likeness (QED) is 0.797. The van der Waals surface area contributed by atoms with E-state index in [0.717, 1.165) is 40.4 Å². The summed E-state index contributed by atoms with van der Waals surface area (Å²) in [6.07, 6.45) is 0.848. The van der Waals surface area contributed by atoms with E-state index in [4.69, 9.17) is 18.9 Å². The van der Waals surface area contributed by atoms with Crippen molar-refractivity contribution in [1.29, 1.82) is 0 Å². The summed E-state index contributed by atoms with van der Waals surface area (Å²) in [6.45, 7) is 0. The van der Waals surface area contributed by atoms with Crippen molar-refractivity contribution >= 4 is 0 Å². The maximum atomic E-state index is 6.18. The topological polar surface area (TPSA) is 36.9 Å². The molecule has 2 aliphatic rings. The second kappa shape index (κ2) is 6.34. The summed E-state index contributed by atoms with van der Waals surface area (Å²) in [6, 6.07) is 11.7. The number of hydrogen-bond acceptors (Lipinski definition) is 4. The molecule has 2 aromatic carbocycles. The normalized spacial score (nSPS) is 22.8. The molecule has 0 radical (unpaired) electrons. The summed E-state index contributed by atoms with van der Waals surface area (Å²) >= 11 is 0. The van der Waals surface area contributed by atoms with Crippen molar-refractivity contribution in [3.8, 4) is 29.1 Å². The molecule has 2 aromatic rings. The summed E-state index contributed by atoms with van der Waals surface area (Å²) < 4.78 is 22.4. The molecule has 2 aliphatic heterocycles. The number of rotatable bonds is 3. The second-order valence-electron chi connectivity index (χ2n) is 6.18. The van der Waals surface area contributed by atoms with E-state index >= 15 is 0 Å². The van der Waals surface area contributed by atoms with Crippen LogP contribution in [0, 0.1) is 17.8 Å². The third kappa shape index (κ3) is 2.61. The summed E-state index contributed by atoms with van der Waals surface area (Å²) in [4.78, 5) is 0. The minimum atomic E-state index is -0.0594. The SMILES string of the molecule is COc1ccc(C#CC2C[C@H]3O[C@@H]2c2c(OC)ccc(OC)c23)cc1. The van der Waals surface area contributed by atoms with Gasteiger partial charge in [-0.2, -0.15) is 0 Å². The highest BCUT2D eigenvalue weighted by Crippen LogP contribution is 2.58. The molecule has 0 amide bonds. The van der Waals surface area contributed by atoms with Crippen LogP contribution in [0.5, 0.6) is 17.2 Å². The summed E-state index contributed by atoms with van der Waals surface area (Å²) in [5.74, 6) is 9.34. The van der Waals surface area contributed by atoms with Gasteiger partial charge in [0.15, 0.2) is 0 Å². The van der Waals surface area contributed by atoms with Crippen LogP contribution in [-0.2, 0) is 4.74 Å². The van der Waals surface area contributed by atoms with Crippen molar-refractivity contribution in [3.63, 3.8) is 0 Å². The molecule has 0 spiro atoms. The van der Waals surface area contributed by atoms with Crippen molar-refractivity contribution in [2.45, 2.75) is 18.6 Å². The van der Waals surface area contributed by atoms with Crippen molar-refractivity contribution < 1.29 is 18.9 Å². The summed E-state index contributed by atoms with van der Waals surface area (Å²) in [5, 5.41) is 0. The van der Waals surface area contributed by atoms with E-state index < -0.39 is 0 Å². The maximum Gasteiger partial charge on any atom is 0.125 e. The minimum Gasteiger partial charge on any atom is -0.497 e. The number of fused-ring (bicyclic) bond motifs is 5. The minimum absolute atomic E-state index is 0.0280. The predicted molar refractivity (Wildman–Crippen MR) is 94.1 cm³/mol. The van der Waals surface area contributed by atoms with E-state index in [2.05, 4.69) is 11.8 Å². The van der Waals surface area contributed by atoms with Crippen LogP contribution in [0.15, 0.2) is 36.4 Å². The molecule has 4 rings (SSSR count). The van der Waals surface area contributed by atoms with Gasteiger partial charge in [-0.15, -0.1) is 0 Å². The van der Waals surface area contributed by atoms with Gasteiger partial charge in [-0.1, -0.05) is 11.8 Å². The lowest BCUT2D eigenvalue weighted by Gasteiger charge is -2.21. The fourth-order valence-electron chi connectivity index (χ4n) is 3.70. The van der Waals surface area contributed by atoms with Crippen molar-refractivity contribution in [2.24, 2.45) is 5.92 Å². The number of methoxy groups -OCH3 is 3. The Morgan fingerprint density at radius 3 is 2.20 bits per heavy atom. The van der Waals surface area contributed by atoms with E-state index in [1.807, 2.05) is 36.4 Å². The molecule has 4 nitrogen and oxygen atoms in total. The first-order valence-electron chi connectivity index (χ1n) is 8.31. The highest BCUT2D eigenvalue weighted by Gasteiger charge is 2.48. The number of hydrogen-bond donors (Lipinski definition) is 0. The Hall–Kier alpha value is -2.64. The van der Waals surface area contributed by atoms with E-state index in [9.17, 15) is 0 Å². The fraction of sp³-hybridized carbons (Fsp3) is 0.333. The largest absolute Gasteiger partial charge is 0.497 e. The monoisotopic (exact) mass is 336 g/mol. The average molecular weight is 336 g/mol. The van der Waals surface area contributed by atoms with E-state index in [0.29, 0.717) is 0 Å². The van der Waals surface area contributed by atoms with Gasteiger partial charge >= 0.3 is 0 Å². The van der Waals surface area contributed by atoms with Crippen LogP contribution in [0.3, 0.4) is 0 Å². The summed E-state index contributed by atoms with van der Waals surface area (Å²) in [7, 11) is 5.04. The van der Waals surface area contributed by atoms with Gasteiger partial charge in [0.2, 0.25) is 0 Å². The first-order chi connectivity index (χ1) is 12.2. The van der Waals surface area contributed by atoms with E-state index in [-0.39, 0.29) is 18.1 Å². The lowest BCUT2D eigenvalue weighted by molar-refractivity contribution is 0.0641. The third-order valence-corrected chi connectivity index (χ3v) is 4.89. The standard InChI is InChI=1S/C21H20O4/c1-22-15-8-5-13(6-9-15)4-7-14-12-18-19-16(23-2)10-11-17(24-3)20(19)21(14)25-18/h5-6,8-11,14,18,21H,12H2,1-3H3/t14?,18-,21+/m1/s1. The van der Waals surface area contributed by atoms with Gasteiger partial charge in [-0.05, 0) is 42.8 Å². The third-order valence-electron chi connectivity index (χ3n) is 4.89. The molecule has 0 N–H and O–H groups in total. The predicted octanol–water partition coefficient (Wildman–Crippen LogP) is 3.90. The second-order valence-corrected chi connectivity index (χ2v) is 6.18. The Balaban J connectivity index is 1.64. The summed E-state index contributed by atoms with van der Waals surface area (Å²) in [5.41, 5.74) is 3.18. The number of benzene rings is 2. The molecule has 25 heavy (non-hydrogen) atoms. The molecule has 0 aliphatic carbocycles. The Morgan fingerprint density at radius 2 is 1.56 bits per heavy atom. The van der Waals surface area contributed by atoms with Crippen LogP contribution in [0.25, 0.3) is 0 Å². The van der Waals surface area contributed by atoms with E-state index in [1.54, 1.807) is 21.3 Å². The Morgan fingerprint density at radius 1 is 0.880 bits per heavy atom. The van der Waals surface area contributed by atoms with Crippen LogP contribution in [0.1, 0.15) is 35.3 Å². The van der Waals surface area contributed by atoms with Gasteiger partial charge in [0, 0.05) is 16.7 Å². The van der Waals surface area contributed by atoms with Crippen LogP contribution in [0.4, 0.5) is 0 Å². The van der Waals surface area contributed by atoms with Gasteiger partial charge in [0.25, 0.3) is 0 Å². The zero-order valence-corrected chi connectivity index (χ0v) is 14.5.